The Labute approximate surface area is 145 Å². The van der Waals surface area contributed by atoms with Crippen LogP contribution in [-0.4, -0.2) is 41.5 Å². The van der Waals surface area contributed by atoms with Gasteiger partial charge in [-0.15, -0.1) is 6.58 Å². The summed E-state index contributed by atoms with van der Waals surface area (Å²) in [5.41, 5.74) is 0. The van der Waals surface area contributed by atoms with E-state index in [9.17, 15) is 70.2 Å². The molecule has 0 heterocycles. The van der Waals surface area contributed by atoms with Gasteiger partial charge in [0.1, 0.15) is 0 Å². The van der Waals surface area contributed by atoms with Gasteiger partial charge in [-0.05, 0) is 6.42 Å². The van der Waals surface area contributed by atoms with E-state index in [1.54, 1.807) is 0 Å². The molecule has 0 amide bonds. The van der Waals surface area contributed by atoms with Gasteiger partial charge in [-0.3, -0.25) is 0 Å². The van der Waals surface area contributed by atoms with Crippen molar-refractivity contribution in [2.45, 2.75) is 54.3 Å². The average molecular weight is 455 g/mol. The molecule has 16 heteroatoms. The third kappa shape index (κ3) is 3.39. The van der Waals surface area contributed by atoms with Gasteiger partial charge in [0.25, 0.3) is 0 Å². The van der Waals surface area contributed by atoms with E-state index in [-0.39, 0.29) is 0 Å². The smallest absolute Gasteiger partial charge is 0.200 e. The highest BCUT2D eigenvalue weighted by Gasteiger charge is 2.93. The van der Waals surface area contributed by atoms with Gasteiger partial charge >= 0.3 is 47.9 Å². The van der Waals surface area contributed by atoms with Gasteiger partial charge in [0.05, 0.1) is 0 Å². The lowest BCUT2D eigenvalue weighted by atomic mass is 9.88. The summed E-state index contributed by atoms with van der Waals surface area (Å²) in [6.45, 7) is 2.68. The van der Waals surface area contributed by atoms with Crippen LogP contribution in [-0.2, 0) is 0 Å². The second-order valence-corrected chi connectivity index (χ2v) is 5.24. The number of alkyl halides is 14. The fourth-order valence-corrected chi connectivity index (χ4v) is 1.58. The van der Waals surface area contributed by atoms with Gasteiger partial charge in [-0.2, -0.15) is 70.2 Å². The third-order valence-corrected chi connectivity index (χ3v) is 3.33. The molecular weight excluding hydrogens is 448 g/mol. The van der Waals surface area contributed by atoms with Crippen molar-refractivity contribution in [2.24, 2.45) is 0 Å². The Hall–Kier alpha value is -1.38. The first-order chi connectivity index (χ1) is 12.0. The summed E-state index contributed by atoms with van der Waals surface area (Å²) in [6, 6.07) is 0. The minimum Gasteiger partial charge on any atom is -0.200 e. The van der Waals surface area contributed by atoms with Crippen LogP contribution in [0.1, 0.15) is 12.8 Å². The number of hydrogen-bond donors (Lipinski definition) is 0. The summed E-state index contributed by atoms with van der Waals surface area (Å²) >= 11 is 0. The minimum atomic E-state index is -8.34. The Morgan fingerprint density at radius 2 is 0.893 bits per heavy atom. The maximum atomic E-state index is 13.3. The van der Waals surface area contributed by atoms with Gasteiger partial charge in [0.15, 0.2) is 0 Å². The normalized spacial score (nSPS) is 15.9. The Bertz CT molecular complexity index is 560. The first-order valence-corrected chi connectivity index (χ1v) is 6.44. The van der Waals surface area contributed by atoms with Gasteiger partial charge in [-0.25, -0.2) is 0 Å². The Balaban J connectivity index is 6.50. The minimum absolute atomic E-state index is 0.378. The molecule has 0 unspecified atom stereocenters. The molecule has 0 aromatic rings. The van der Waals surface area contributed by atoms with Crippen LogP contribution in [0.4, 0.5) is 70.2 Å². The molecule has 1 radical (unpaired) electrons. The summed E-state index contributed by atoms with van der Waals surface area (Å²) < 4.78 is 206. The topological polar surface area (TPSA) is 0 Å². The highest BCUT2D eigenvalue weighted by atomic mass is 19.4. The predicted octanol–water partition coefficient (Wildman–Crippen LogP) is 6.83. The van der Waals surface area contributed by atoms with E-state index in [2.05, 4.69) is 6.58 Å². The summed E-state index contributed by atoms with van der Waals surface area (Å²) in [6.07, 6.45) is -8.28. The molecule has 0 atom stereocenters. The number of halogens is 16. The quantitative estimate of drug-likeness (QED) is 0.250. The monoisotopic (exact) mass is 455 g/mol. The van der Waals surface area contributed by atoms with Crippen LogP contribution in [0.2, 0.25) is 0 Å². The van der Waals surface area contributed by atoms with Crippen LogP contribution in [0.5, 0.6) is 0 Å². The highest BCUT2D eigenvalue weighted by molar-refractivity contribution is 5.16. The first-order valence-electron chi connectivity index (χ1n) is 6.44. The van der Waals surface area contributed by atoms with Gasteiger partial charge in [0.2, 0.25) is 0 Å². The number of allylic oxidation sites excluding steroid dienone is 1. The zero-order valence-electron chi connectivity index (χ0n) is 12.7. The molecule has 0 aliphatic carbocycles. The first kappa shape index (κ1) is 26.6. The second kappa shape index (κ2) is 7.15. The largest absolute Gasteiger partial charge is 0.385 e. The van der Waals surface area contributed by atoms with E-state index in [4.69, 9.17) is 0 Å². The lowest BCUT2D eigenvalue weighted by Crippen LogP contribution is -2.73. The summed E-state index contributed by atoms with van der Waals surface area (Å²) in [5.74, 6) is -54.1. The average Bonchev–Trinajstić information content (AvgIpc) is 2.51. The molecule has 0 spiro atoms. The molecule has 0 saturated carbocycles. The Morgan fingerprint density at radius 1 is 0.571 bits per heavy atom. The molecular formula is C12H7F16. The molecule has 0 aromatic heterocycles. The standard InChI is InChI=1S/C12H7F16/c1-2-3-4-6(15,16)8(19,20)10(23,24)12(27,28)11(25,26)9(21,22)7(17,18)5(13)14/h2H,1,3-4H2. The van der Waals surface area contributed by atoms with Crippen LogP contribution in [0, 0.1) is 6.43 Å². The van der Waals surface area contributed by atoms with E-state index < -0.39 is 60.7 Å². The number of rotatable bonds is 10. The van der Waals surface area contributed by atoms with Crippen LogP contribution in [0.3, 0.4) is 0 Å². The Kier molecular flexibility index (Phi) is 6.79. The van der Waals surface area contributed by atoms with E-state index in [1.807, 2.05) is 0 Å². The van der Waals surface area contributed by atoms with Crippen molar-refractivity contribution in [3.05, 3.63) is 19.1 Å². The van der Waals surface area contributed by atoms with Crippen LogP contribution < -0.4 is 0 Å². The van der Waals surface area contributed by atoms with E-state index >= 15 is 0 Å². The van der Waals surface area contributed by atoms with Gasteiger partial charge in [0, 0.05) is 6.42 Å². The van der Waals surface area contributed by atoms with Crippen LogP contribution in [0.15, 0.2) is 12.7 Å². The van der Waals surface area contributed by atoms with Crippen molar-refractivity contribution in [1.82, 2.24) is 0 Å². The molecule has 167 valence electrons. The SMILES string of the molecule is C=CCCC(F)(F)C(F)(F)C(F)(F)C(F)(F)C(F)(F)C(F)(F)C(F)(F)[C](F)F. The predicted molar refractivity (Wildman–Crippen MR) is 59.5 cm³/mol. The van der Waals surface area contributed by atoms with Crippen molar-refractivity contribution >= 4 is 0 Å². The van der Waals surface area contributed by atoms with Crippen molar-refractivity contribution < 1.29 is 70.2 Å². The molecule has 0 N–H and O–H groups in total. The molecule has 0 fully saturated rings. The van der Waals surface area contributed by atoms with E-state index in [0.717, 1.165) is 0 Å². The Morgan fingerprint density at radius 3 is 1.21 bits per heavy atom. The molecule has 0 aliphatic rings. The van der Waals surface area contributed by atoms with E-state index in [0.29, 0.717) is 6.08 Å². The number of hydrogen-bond acceptors (Lipinski definition) is 0. The van der Waals surface area contributed by atoms with Crippen molar-refractivity contribution in [2.75, 3.05) is 0 Å². The van der Waals surface area contributed by atoms with Crippen molar-refractivity contribution in [3.8, 4) is 0 Å². The van der Waals surface area contributed by atoms with Gasteiger partial charge in [-0.1, -0.05) is 6.08 Å². The zero-order valence-corrected chi connectivity index (χ0v) is 12.7. The van der Waals surface area contributed by atoms with E-state index in [1.165, 1.54) is 0 Å². The van der Waals surface area contributed by atoms with Crippen LogP contribution in [0.25, 0.3) is 0 Å². The molecule has 28 heavy (non-hydrogen) atoms. The fraction of sp³-hybridized carbons (Fsp3) is 0.750. The molecule has 0 aromatic carbocycles. The molecule has 0 aliphatic heterocycles. The highest BCUT2D eigenvalue weighted by Crippen LogP contribution is 2.63. The third-order valence-electron chi connectivity index (χ3n) is 3.33. The molecule has 0 bridgehead atoms. The maximum Gasteiger partial charge on any atom is 0.385 e. The molecule has 0 nitrogen and oxygen atoms in total. The maximum absolute atomic E-state index is 13.3. The lowest BCUT2D eigenvalue weighted by molar-refractivity contribution is -0.442. The zero-order chi connectivity index (χ0) is 23.2. The summed E-state index contributed by atoms with van der Waals surface area (Å²) in [5, 5.41) is 0. The lowest BCUT2D eigenvalue weighted by Gasteiger charge is -2.42. The van der Waals surface area contributed by atoms with Crippen molar-refractivity contribution in [3.63, 3.8) is 0 Å². The summed E-state index contributed by atoms with van der Waals surface area (Å²) in [7, 11) is 0. The molecule has 0 saturated heterocycles. The second-order valence-electron chi connectivity index (χ2n) is 5.24. The summed E-state index contributed by atoms with van der Waals surface area (Å²) in [4.78, 5) is 0. The van der Waals surface area contributed by atoms with Crippen molar-refractivity contribution in [1.29, 1.82) is 0 Å². The van der Waals surface area contributed by atoms with Gasteiger partial charge < -0.3 is 0 Å². The fourth-order valence-electron chi connectivity index (χ4n) is 1.58. The molecule has 0 rings (SSSR count). The van der Waals surface area contributed by atoms with Crippen LogP contribution >= 0.6 is 0 Å².